The lowest BCUT2D eigenvalue weighted by Crippen LogP contribution is -2.11. The second-order valence-electron chi connectivity index (χ2n) is 8.43. The minimum Gasteiger partial charge on any atom is -0.319 e. The van der Waals surface area contributed by atoms with Gasteiger partial charge in [-0.1, -0.05) is 75.4 Å². The maximum atomic E-state index is 4.97. The molecule has 0 radical (unpaired) electrons. The molecule has 138 valence electrons. The number of rotatable bonds is 2. The number of hydrogen-bond acceptors (Lipinski definition) is 2. The molecule has 0 spiro atoms. The van der Waals surface area contributed by atoms with Crippen molar-refractivity contribution in [1.29, 1.82) is 0 Å². The summed E-state index contributed by atoms with van der Waals surface area (Å²) in [5, 5.41) is 1.15. The average Bonchev–Trinajstić information content (AvgIpc) is 2.99. The van der Waals surface area contributed by atoms with Crippen molar-refractivity contribution in [2.45, 2.75) is 32.7 Å². The number of fused-ring (bicyclic) bond motifs is 4. The fourth-order valence-corrected chi connectivity index (χ4v) is 3.84. The molecule has 0 atom stereocenters. The summed E-state index contributed by atoms with van der Waals surface area (Å²) in [6.07, 6.45) is 0. The Labute approximate surface area is 164 Å². The van der Waals surface area contributed by atoms with Crippen LogP contribution in [-0.2, 0) is 12.0 Å². The van der Waals surface area contributed by atoms with E-state index in [0.717, 1.165) is 34.1 Å². The monoisotopic (exact) mass is 365 g/mol. The third-order valence-corrected chi connectivity index (χ3v) is 5.42. The maximum Gasteiger partial charge on any atom is 0.160 e. The average molecular weight is 365 g/mol. The lowest BCUT2D eigenvalue weighted by Gasteiger charge is -2.19. The minimum atomic E-state index is 0.162. The van der Waals surface area contributed by atoms with Gasteiger partial charge in [-0.15, -0.1) is 0 Å². The number of nitrogens with zero attached hydrogens (tertiary/aromatic N) is 3. The molecule has 0 fully saturated rings. The standard InChI is InChI=1S/C25H23N3/c1-25(2,3)18-14-12-17(13-15-18)16-28-22-11-7-4-8-19(22)23-24(28)27-21-10-6-5-9-20(21)26-23/h4-15H,16H2,1-3H3. The number of para-hydroxylation sites is 3. The van der Waals surface area contributed by atoms with E-state index in [4.69, 9.17) is 9.97 Å². The van der Waals surface area contributed by atoms with Crippen molar-refractivity contribution in [3.05, 3.63) is 83.9 Å². The molecule has 0 aliphatic heterocycles. The van der Waals surface area contributed by atoms with Crippen molar-refractivity contribution in [1.82, 2.24) is 14.5 Å². The Balaban J connectivity index is 1.70. The van der Waals surface area contributed by atoms with E-state index in [-0.39, 0.29) is 5.41 Å². The lowest BCUT2D eigenvalue weighted by molar-refractivity contribution is 0.590. The molecule has 0 bridgehead atoms. The van der Waals surface area contributed by atoms with Crippen molar-refractivity contribution in [3.8, 4) is 0 Å². The van der Waals surface area contributed by atoms with Crippen molar-refractivity contribution < 1.29 is 0 Å². The molecule has 2 aromatic heterocycles. The highest BCUT2D eigenvalue weighted by Gasteiger charge is 2.16. The normalized spacial score (nSPS) is 12.2. The van der Waals surface area contributed by atoms with Crippen LogP contribution in [0.3, 0.4) is 0 Å². The first kappa shape index (κ1) is 16.9. The van der Waals surface area contributed by atoms with Gasteiger partial charge in [0.05, 0.1) is 16.6 Å². The van der Waals surface area contributed by atoms with Crippen LogP contribution in [0, 0.1) is 0 Å². The lowest BCUT2D eigenvalue weighted by atomic mass is 9.87. The van der Waals surface area contributed by atoms with Crippen LogP contribution in [0.15, 0.2) is 72.8 Å². The summed E-state index contributed by atoms with van der Waals surface area (Å²) in [7, 11) is 0. The molecule has 3 aromatic carbocycles. The molecule has 0 aliphatic rings. The van der Waals surface area contributed by atoms with E-state index in [1.165, 1.54) is 16.6 Å². The summed E-state index contributed by atoms with van der Waals surface area (Å²) in [6, 6.07) is 25.5. The largest absolute Gasteiger partial charge is 0.319 e. The van der Waals surface area contributed by atoms with Gasteiger partial charge in [0.1, 0.15) is 5.52 Å². The van der Waals surface area contributed by atoms with Gasteiger partial charge in [0.15, 0.2) is 5.65 Å². The van der Waals surface area contributed by atoms with Gasteiger partial charge < -0.3 is 4.57 Å². The highest BCUT2D eigenvalue weighted by Crippen LogP contribution is 2.29. The SMILES string of the molecule is CC(C)(C)c1ccc(Cn2c3ccccc3c3nc4ccccc4nc32)cc1. The molecule has 28 heavy (non-hydrogen) atoms. The van der Waals surface area contributed by atoms with Gasteiger partial charge in [-0.2, -0.15) is 0 Å². The van der Waals surface area contributed by atoms with Crippen LogP contribution in [0.4, 0.5) is 0 Å². The predicted molar refractivity (Wildman–Crippen MR) is 117 cm³/mol. The van der Waals surface area contributed by atoms with Gasteiger partial charge >= 0.3 is 0 Å². The summed E-state index contributed by atoms with van der Waals surface area (Å²) in [5.41, 5.74) is 7.74. The molecular formula is C25H23N3. The topological polar surface area (TPSA) is 30.7 Å². The summed E-state index contributed by atoms with van der Waals surface area (Å²) >= 11 is 0. The van der Waals surface area contributed by atoms with Gasteiger partial charge in [-0.3, -0.25) is 0 Å². The van der Waals surface area contributed by atoms with Gasteiger partial charge in [0, 0.05) is 11.9 Å². The van der Waals surface area contributed by atoms with Gasteiger partial charge in [-0.05, 0) is 34.7 Å². The highest BCUT2D eigenvalue weighted by atomic mass is 15.1. The third-order valence-electron chi connectivity index (χ3n) is 5.42. The second-order valence-corrected chi connectivity index (χ2v) is 8.43. The van der Waals surface area contributed by atoms with E-state index < -0.39 is 0 Å². The quantitative estimate of drug-likeness (QED) is 0.379. The minimum absolute atomic E-state index is 0.162. The molecule has 0 saturated carbocycles. The van der Waals surface area contributed by atoms with Crippen molar-refractivity contribution in [2.24, 2.45) is 0 Å². The first-order valence-electron chi connectivity index (χ1n) is 9.74. The van der Waals surface area contributed by atoms with Crippen molar-refractivity contribution in [3.63, 3.8) is 0 Å². The van der Waals surface area contributed by atoms with Gasteiger partial charge in [0.25, 0.3) is 0 Å². The Morgan fingerprint density at radius 3 is 2.11 bits per heavy atom. The smallest absolute Gasteiger partial charge is 0.160 e. The molecular weight excluding hydrogens is 342 g/mol. The molecule has 3 heteroatoms. The zero-order valence-electron chi connectivity index (χ0n) is 16.5. The Hall–Kier alpha value is -3.20. The van der Waals surface area contributed by atoms with Crippen LogP contribution >= 0.6 is 0 Å². The molecule has 0 amide bonds. The Morgan fingerprint density at radius 2 is 1.39 bits per heavy atom. The molecule has 0 aliphatic carbocycles. The Kier molecular flexibility index (Phi) is 3.73. The number of aromatic nitrogens is 3. The highest BCUT2D eigenvalue weighted by molar-refractivity contribution is 6.06. The Bertz CT molecular complexity index is 1310. The molecule has 5 aromatic rings. The van der Waals surface area contributed by atoms with E-state index >= 15 is 0 Å². The third kappa shape index (κ3) is 2.75. The van der Waals surface area contributed by atoms with Crippen LogP contribution in [0.25, 0.3) is 33.1 Å². The molecule has 0 saturated heterocycles. The number of hydrogen-bond donors (Lipinski definition) is 0. The summed E-state index contributed by atoms with van der Waals surface area (Å²) in [6.45, 7) is 7.52. The first-order valence-corrected chi connectivity index (χ1v) is 9.74. The van der Waals surface area contributed by atoms with Crippen molar-refractivity contribution >= 4 is 33.1 Å². The molecule has 0 unspecified atom stereocenters. The first-order chi connectivity index (χ1) is 13.5. The van der Waals surface area contributed by atoms with E-state index in [2.05, 4.69) is 73.9 Å². The summed E-state index contributed by atoms with van der Waals surface area (Å²) in [4.78, 5) is 9.90. The van der Waals surface area contributed by atoms with Gasteiger partial charge in [0.2, 0.25) is 0 Å². The van der Waals surface area contributed by atoms with Crippen LogP contribution in [0.2, 0.25) is 0 Å². The molecule has 2 heterocycles. The number of benzene rings is 3. The second kappa shape index (κ2) is 6.16. The van der Waals surface area contributed by atoms with E-state index in [1.54, 1.807) is 0 Å². The summed E-state index contributed by atoms with van der Waals surface area (Å²) < 4.78 is 2.29. The van der Waals surface area contributed by atoms with E-state index in [9.17, 15) is 0 Å². The zero-order chi connectivity index (χ0) is 19.3. The van der Waals surface area contributed by atoms with E-state index in [0.29, 0.717) is 0 Å². The van der Waals surface area contributed by atoms with Crippen LogP contribution < -0.4 is 0 Å². The van der Waals surface area contributed by atoms with Crippen LogP contribution in [0.5, 0.6) is 0 Å². The van der Waals surface area contributed by atoms with Crippen molar-refractivity contribution in [2.75, 3.05) is 0 Å². The zero-order valence-corrected chi connectivity index (χ0v) is 16.5. The molecule has 5 rings (SSSR count). The maximum absolute atomic E-state index is 4.97. The van der Waals surface area contributed by atoms with E-state index in [1.807, 2.05) is 24.3 Å². The van der Waals surface area contributed by atoms with Gasteiger partial charge in [-0.25, -0.2) is 9.97 Å². The fraction of sp³-hybridized carbons (Fsp3) is 0.200. The van der Waals surface area contributed by atoms with Crippen LogP contribution in [0.1, 0.15) is 31.9 Å². The predicted octanol–water partition coefficient (Wildman–Crippen LogP) is 6.08. The Morgan fingerprint density at radius 1 is 0.750 bits per heavy atom. The molecule has 0 N–H and O–H groups in total. The summed E-state index contributed by atoms with van der Waals surface area (Å²) in [5.74, 6) is 0. The molecule has 3 nitrogen and oxygen atoms in total. The van der Waals surface area contributed by atoms with Crippen LogP contribution in [-0.4, -0.2) is 14.5 Å². The fourth-order valence-electron chi connectivity index (χ4n) is 3.84.